The molecular formula is C7H2Cl2F3N3O3. The molecule has 1 aromatic rings. The molecule has 1 amide bonds. The predicted molar refractivity (Wildman–Crippen MR) is 53.7 cm³/mol. The van der Waals surface area contributed by atoms with Gasteiger partial charge in [0.25, 0.3) is 0 Å². The molecule has 0 aliphatic carbocycles. The fourth-order valence-electron chi connectivity index (χ4n) is 0.809. The maximum atomic E-state index is 12.0. The van der Waals surface area contributed by atoms with Gasteiger partial charge in [-0.3, -0.25) is 4.79 Å². The van der Waals surface area contributed by atoms with Crippen LogP contribution < -0.4 is 5.32 Å². The Hall–Kier alpha value is -1.61. The highest BCUT2D eigenvalue weighted by Crippen LogP contribution is 2.24. The molecule has 1 aromatic heterocycles. The SMILES string of the molecule is O=C(O)c1nc(Cl)c(Cl)nc1NC(=O)C(F)(F)F. The lowest BCUT2D eigenvalue weighted by Gasteiger charge is -2.09. The van der Waals surface area contributed by atoms with Crippen molar-refractivity contribution in [3.8, 4) is 0 Å². The van der Waals surface area contributed by atoms with Gasteiger partial charge in [0.2, 0.25) is 0 Å². The molecule has 0 saturated carbocycles. The fourth-order valence-corrected chi connectivity index (χ4v) is 1.06. The van der Waals surface area contributed by atoms with Crippen LogP contribution in [-0.2, 0) is 4.79 Å². The van der Waals surface area contributed by atoms with Gasteiger partial charge >= 0.3 is 18.1 Å². The Morgan fingerprint density at radius 1 is 1.17 bits per heavy atom. The zero-order valence-corrected chi connectivity index (χ0v) is 9.56. The normalized spacial score (nSPS) is 11.2. The maximum Gasteiger partial charge on any atom is 0.471 e. The first-order chi connectivity index (χ1) is 8.12. The summed E-state index contributed by atoms with van der Waals surface area (Å²) in [6, 6.07) is 0. The second-order valence-electron chi connectivity index (χ2n) is 2.76. The van der Waals surface area contributed by atoms with Crippen molar-refractivity contribution in [1.82, 2.24) is 9.97 Å². The Balaban J connectivity index is 3.20. The van der Waals surface area contributed by atoms with E-state index in [9.17, 15) is 22.8 Å². The molecule has 6 nitrogen and oxygen atoms in total. The number of carbonyl (C=O) groups is 2. The molecule has 0 aliphatic rings. The number of aromatic nitrogens is 2. The summed E-state index contributed by atoms with van der Waals surface area (Å²) in [4.78, 5) is 27.7. The Kier molecular flexibility index (Phi) is 3.97. The number of carboxylic acids is 1. The minimum Gasteiger partial charge on any atom is -0.476 e. The molecule has 2 N–H and O–H groups in total. The van der Waals surface area contributed by atoms with Gasteiger partial charge in [-0.2, -0.15) is 13.2 Å². The Morgan fingerprint density at radius 2 is 1.67 bits per heavy atom. The highest BCUT2D eigenvalue weighted by molar-refractivity contribution is 6.40. The summed E-state index contributed by atoms with van der Waals surface area (Å²) in [5, 5.41) is 8.84. The Bertz CT molecular complexity index is 521. The lowest BCUT2D eigenvalue weighted by atomic mass is 10.4. The quantitative estimate of drug-likeness (QED) is 0.871. The maximum absolute atomic E-state index is 12.0. The van der Waals surface area contributed by atoms with Crippen molar-refractivity contribution >= 4 is 40.9 Å². The number of hydrogen-bond acceptors (Lipinski definition) is 4. The fraction of sp³-hybridized carbons (Fsp3) is 0.143. The standard InChI is InChI=1S/C7H2Cl2F3N3O3/c8-2-3(9)14-4(1(13-2)5(16)17)15-6(18)7(10,11)12/h(H,16,17)(H,14,15,18). The van der Waals surface area contributed by atoms with E-state index in [1.807, 2.05) is 0 Å². The molecule has 98 valence electrons. The van der Waals surface area contributed by atoms with E-state index in [1.54, 1.807) is 0 Å². The van der Waals surface area contributed by atoms with Crippen molar-refractivity contribution in [1.29, 1.82) is 0 Å². The number of alkyl halides is 3. The van der Waals surface area contributed by atoms with Crippen LogP contribution in [0.15, 0.2) is 0 Å². The number of nitrogens with one attached hydrogen (secondary N) is 1. The smallest absolute Gasteiger partial charge is 0.471 e. The van der Waals surface area contributed by atoms with Crippen LogP contribution in [0, 0.1) is 0 Å². The molecule has 1 rings (SSSR count). The Labute approximate surface area is 107 Å². The van der Waals surface area contributed by atoms with Gasteiger partial charge in [-0.25, -0.2) is 14.8 Å². The number of halogens is 5. The summed E-state index contributed by atoms with van der Waals surface area (Å²) in [5.41, 5.74) is -0.956. The van der Waals surface area contributed by atoms with Gasteiger partial charge in [0.05, 0.1) is 0 Å². The summed E-state index contributed by atoms with van der Waals surface area (Å²) in [6.45, 7) is 0. The third kappa shape index (κ3) is 3.20. The highest BCUT2D eigenvalue weighted by Gasteiger charge is 2.39. The minimum atomic E-state index is -5.20. The number of aromatic carboxylic acids is 1. The van der Waals surface area contributed by atoms with Gasteiger partial charge in [0.1, 0.15) is 0 Å². The van der Waals surface area contributed by atoms with E-state index in [2.05, 4.69) is 9.97 Å². The van der Waals surface area contributed by atoms with E-state index in [-0.39, 0.29) is 0 Å². The van der Waals surface area contributed by atoms with E-state index in [0.717, 1.165) is 0 Å². The molecule has 0 unspecified atom stereocenters. The number of carbonyl (C=O) groups excluding carboxylic acids is 1. The van der Waals surface area contributed by atoms with Gasteiger partial charge in [-0.05, 0) is 0 Å². The van der Waals surface area contributed by atoms with Crippen molar-refractivity contribution in [2.45, 2.75) is 6.18 Å². The van der Waals surface area contributed by atoms with Crippen molar-refractivity contribution in [2.75, 3.05) is 5.32 Å². The molecule has 0 spiro atoms. The average Bonchev–Trinajstić information content (AvgIpc) is 2.21. The molecule has 0 atom stereocenters. The summed E-state index contributed by atoms with van der Waals surface area (Å²) < 4.78 is 35.9. The van der Waals surface area contributed by atoms with Crippen LogP contribution in [0.2, 0.25) is 10.3 Å². The molecule has 11 heteroatoms. The van der Waals surface area contributed by atoms with E-state index in [4.69, 9.17) is 28.3 Å². The largest absolute Gasteiger partial charge is 0.476 e. The summed E-state index contributed by atoms with van der Waals surface area (Å²) in [5.74, 6) is -5.07. The van der Waals surface area contributed by atoms with Gasteiger partial charge in [0, 0.05) is 0 Å². The molecule has 1 heterocycles. The van der Waals surface area contributed by atoms with Crippen LogP contribution in [0.25, 0.3) is 0 Å². The number of nitrogens with zero attached hydrogens (tertiary/aromatic N) is 2. The molecule has 18 heavy (non-hydrogen) atoms. The van der Waals surface area contributed by atoms with Crippen LogP contribution in [0.1, 0.15) is 10.5 Å². The lowest BCUT2D eigenvalue weighted by Crippen LogP contribution is -2.31. The number of amides is 1. The number of carboxylic acid groups (broad SMARTS) is 1. The summed E-state index contributed by atoms with van der Waals surface area (Å²) in [6.07, 6.45) is -5.20. The third-order valence-electron chi connectivity index (χ3n) is 1.51. The molecule has 0 aliphatic heterocycles. The molecule has 0 saturated heterocycles. The number of rotatable bonds is 2. The van der Waals surface area contributed by atoms with E-state index in [0.29, 0.717) is 0 Å². The van der Waals surface area contributed by atoms with Crippen LogP contribution in [-0.4, -0.2) is 33.1 Å². The van der Waals surface area contributed by atoms with Gasteiger partial charge in [0.15, 0.2) is 21.8 Å². The highest BCUT2D eigenvalue weighted by atomic mass is 35.5. The van der Waals surface area contributed by atoms with Crippen molar-refractivity contribution in [3.63, 3.8) is 0 Å². The second kappa shape index (κ2) is 4.94. The van der Waals surface area contributed by atoms with Crippen molar-refractivity contribution in [2.24, 2.45) is 0 Å². The van der Waals surface area contributed by atoms with E-state index in [1.165, 1.54) is 5.32 Å². The predicted octanol–water partition coefficient (Wildman–Crippen LogP) is 1.98. The summed E-state index contributed by atoms with van der Waals surface area (Å²) in [7, 11) is 0. The van der Waals surface area contributed by atoms with Crippen LogP contribution in [0.4, 0.5) is 19.0 Å². The van der Waals surface area contributed by atoms with Gasteiger partial charge < -0.3 is 10.4 Å². The second-order valence-corrected chi connectivity index (χ2v) is 3.48. The average molecular weight is 304 g/mol. The monoisotopic (exact) mass is 303 g/mol. The molecule has 0 aromatic carbocycles. The van der Waals surface area contributed by atoms with Crippen LogP contribution in [0.5, 0.6) is 0 Å². The van der Waals surface area contributed by atoms with Crippen LogP contribution >= 0.6 is 23.2 Å². The van der Waals surface area contributed by atoms with Gasteiger partial charge in [-0.15, -0.1) is 0 Å². The lowest BCUT2D eigenvalue weighted by molar-refractivity contribution is -0.167. The first-order valence-electron chi connectivity index (χ1n) is 3.97. The van der Waals surface area contributed by atoms with Gasteiger partial charge in [-0.1, -0.05) is 23.2 Å². The third-order valence-corrected chi connectivity index (χ3v) is 2.13. The van der Waals surface area contributed by atoms with Crippen LogP contribution in [0.3, 0.4) is 0 Å². The molecule has 0 radical (unpaired) electrons. The molecule has 0 bridgehead atoms. The topological polar surface area (TPSA) is 92.2 Å². The van der Waals surface area contributed by atoms with E-state index < -0.39 is 39.9 Å². The zero-order valence-electron chi connectivity index (χ0n) is 8.05. The van der Waals surface area contributed by atoms with Crippen molar-refractivity contribution < 1.29 is 27.9 Å². The zero-order chi connectivity index (χ0) is 14.1. The number of anilines is 1. The first kappa shape index (κ1) is 14.5. The Morgan fingerprint density at radius 3 is 2.11 bits per heavy atom. The number of hydrogen-bond donors (Lipinski definition) is 2. The molecular weight excluding hydrogens is 302 g/mol. The molecule has 0 fully saturated rings. The minimum absolute atomic E-state index is 0.515. The first-order valence-corrected chi connectivity index (χ1v) is 4.73. The van der Waals surface area contributed by atoms with Crippen molar-refractivity contribution in [3.05, 3.63) is 16.0 Å². The van der Waals surface area contributed by atoms with E-state index >= 15 is 0 Å². The summed E-state index contributed by atoms with van der Waals surface area (Å²) >= 11 is 10.7.